The summed E-state index contributed by atoms with van der Waals surface area (Å²) >= 11 is 2.92. The Kier molecular flexibility index (Phi) is 5.64. The Morgan fingerprint density at radius 2 is 2.16 bits per heavy atom. The number of alkyl halides is 1. The van der Waals surface area contributed by atoms with E-state index in [4.69, 9.17) is 16.7 Å². The van der Waals surface area contributed by atoms with Crippen LogP contribution in [0, 0.1) is 5.82 Å². The number of halogens is 3. The van der Waals surface area contributed by atoms with Crippen molar-refractivity contribution in [2.45, 2.75) is 6.42 Å². The van der Waals surface area contributed by atoms with Crippen LogP contribution in [0.5, 0.6) is 0 Å². The summed E-state index contributed by atoms with van der Waals surface area (Å²) in [5.41, 5.74) is -1.03. The third kappa shape index (κ3) is 3.62. The van der Waals surface area contributed by atoms with E-state index in [1.54, 1.807) is 0 Å². The highest BCUT2D eigenvalue weighted by atomic mass is 35.5. The summed E-state index contributed by atoms with van der Waals surface area (Å²) in [5, 5.41) is 8.26. The van der Waals surface area contributed by atoms with Crippen molar-refractivity contribution >= 4 is 34.5 Å². The second kappa shape index (κ2) is 6.78. The van der Waals surface area contributed by atoms with Gasteiger partial charge in [0.15, 0.2) is 0 Å². The van der Waals surface area contributed by atoms with Gasteiger partial charge in [-0.25, -0.2) is 9.18 Å². The van der Waals surface area contributed by atoms with Crippen molar-refractivity contribution in [1.29, 1.82) is 0 Å². The van der Waals surface area contributed by atoms with Crippen molar-refractivity contribution in [3.05, 3.63) is 28.5 Å². The Labute approximate surface area is 115 Å². The smallest absolute Gasteiger partial charge is 0.340 e. The van der Waals surface area contributed by atoms with Gasteiger partial charge in [0.2, 0.25) is 0 Å². The number of benzene rings is 1. The Balaban J connectivity index is 3.28. The lowest BCUT2D eigenvalue weighted by Crippen LogP contribution is -2.27. The Morgan fingerprint density at radius 1 is 1.53 bits per heavy atom. The SMILES string of the molecule is O=C(O)c1c(F)ccc(N(CCCF)S(=O)[O-])c1Cl. The van der Waals surface area contributed by atoms with Crippen LogP contribution in [0.4, 0.5) is 14.5 Å². The van der Waals surface area contributed by atoms with Gasteiger partial charge < -0.3 is 14.0 Å². The quantitative estimate of drug-likeness (QED) is 0.816. The van der Waals surface area contributed by atoms with E-state index in [0.717, 1.165) is 12.1 Å². The van der Waals surface area contributed by atoms with Crippen LogP contribution in [0.25, 0.3) is 0 Å². The maximum Gasteiger partial charge on any atom is 0.340 e. The maximum atomic E-state index is 13.3. The van der Waals surface area contributed by atoms with Gasteiger partial charge in [0.05, 0.1) is 17.4 Å². The van der Waals surface area contributed by atoms with Crippen molar-refractivity contribution in [2.75, 3.05) is 17.5 Å². The molecule has 0 aliphatic carbocycles. The number of rotatable bonds is 6. The average Bonchev–Trinajstić information content (AvgIpc) is 2.31. The summed E-state index contributed by atoms with van der Waals surface area (Å²) in [5.74, 6) is -2.70. The lowest BCUT2D eigenvalue weighted by Gasteiger charge is -2.27. The number of aromatic carboxylic acids is 1. The zero-order valence-electron chi connectivity index (χ0n) is 9.44. The predicted octanol–water partition coefficient (Wildman–Crippen LogP) is 2.14. The molecule has 0 amide bonds. The molecule has 1 N–H and O–H groups in total. The third-order valence-electron chi connectivity index (χ3n) is 2.23. The van der Waals surface area contributed by atoms with E-state index in [1.165, 1.54) is 0 Å². The topological polar surface area (TPSA) is 80.7 Å². The molecule has 9 heteroatoms. The Bertz CT molecular complexity index is 515. The zero-order chi connectivity index (χ0) is 14.6. The molecule has 0 heterocycles. The first kappa shape index (κ1) is 15.8. The van der Waals surface area contributed by atoms with E-state index < -0.39 is 40.3 Å². The molecule has 106 valence electrons. The predicted molar refractivity (Wildman–Crippen MR) is 65.2 cm³/mol. The van der Waals surface area contributed by atoms with Crippen LogP contribution in [0.3, 0.4) is 0 Å². The fraction of sp³-hybridized carbons (Fsp3) is 0.300. The summed E-state index contributed by atoms with van der Waals surface area (Å²) in [7, 11) is 0. The Morgan fingerprint density at radius 3 is 2.63 bits per heavy atom. The number of hydrogen-bond donors (Lipinski definition) is 1. The van der Waals surface area contributed by atoms with Crippen LogP contribution in [0.15, 0.2) is 12.1 Å². The van der Waals surface area contributed by atoms with E-state index in [-0.39, 0.29) is 18.7 Å². The molecule has 0 spiro atoms. The van der Waals surface area contributed by atoms with Crippen LogP contribution in [0.1, 0.15) is 16.8 Å². The minimum Gasteiger partial charge on any atom is -0.755 e. The molecule has 1 aromatic carbocycles. The number of carbonyl (C=O) groups is 1. The highest BCUT2D eigenvalue weighted by Gasteiger charge is 2.21. The van der Waals surface area contributed by atoms with Crippen LogP contribution >= 0.6 is 11.6 Å². The molecule has 1 unspecified atom stereocenters. The van der Waals surface area contributed by atoms with Crippen molar-refractivity contribution in [2.24, 2.45) is 0 Å². The highest BCUT2D eigenvalue weighted by molar-refractivity contribution is 7.80. The van der Waals surface area contributed by atoms with Crippen LogP contribution < -0.4 is 4.31 Å². The molecule has 0 aliphatic heterocycles. The first-order valence-electron chi connectivity index (χ1n) is 5.04. The van der Waals surface area contributed by atoms with Gasteiger partial charge in [-0.05, 0) is 18.6 Å². The van der Waals surface area contributed by atoms with Crippen molar-refractivity contribution in [1.82, 2.24) is 0 Å². The molecule has 1 rings (SSSR count). The number of carboxylic acid groups (broad SMARTS) is 1. The summed E-state index contributed by atoms with van der Waals surface area (Å²) < 4.78 is 48.1. The average molecular weight is 313 g/mol. The van der Waals surface area contributed by atoms with Gasteiger partial charge in [0.25, 0.3) is 0 Å². The molecule has 0 radical (unpaired) electrons. The molecule has 1 aromatic rings. The molecule has 0 aliphatic rings. The molecule has 19 heavy (non-hydrogen) atoms. The largest absolute Gasteiger partial charge is 0.755 e. The molecule has 0 aromatic heterocycles. The number of anilines is 1. The summed E-state index contributed by atoms with van der Waals surface area (Å²) in [6.07, 6.45) is -0.0932. The highest BCUT2D eigenvalue weighted by Crippen LogP contribution is 2.32. The van der Waals surface area contributed by atoms with Gasteiger partial charge in [-0.3, -0.25) is 8.60 Å². The Hall–Kier alpha value is -1.25. The van der Waals surface area contributed by atoms with E-state index >= 15 is 0 Å². The van der Waals surface area contributed by atoms with Crippen LogP contribution in [0.2, 0.25) is 5.02 Å². The van der Waals surface area contributed by atoms with E-state index in [1.807, 2.05) is 0 Å². The molecule has 0 fully saturated rings. The van der Waals surface area contributed by atoms with Gasteiger partial charge in [-0.15, -0.1) is 0 Å². The monoisotopic (exact) mass is 312 g/mol. The summed E-state index contributed by atoms with van der Waals surface area (Å²) in [6.45, 7) is -0.977. The molecule has 5 nitrogen and oxygen atoms in total. The standard InChI is InChI=1S/C10H10ClF2NO4S/c11-9-7(14(19(17)18)5-1-4-12)3-2-6(13)8(9)10(15)16/h2-3H,1,4-5H2,(H,15,16)(H,17,18)/p-1. The van der Waals surface area contributed by atoms with Gasteiger partial charge in [-0.2, -0.15) is 0 Å². The van der Waals surface area contributed by atoms with E-state index in [0.29, 0.717) is 4.31 Å². The van der Waals surface area contributed by atoms with Crippen molar-refractivity contribution < 1.29 is 27.4 Å². The molecule has 1 atom stereocenters. The van der Waals surface area contributed by atoms with E-state index in [2.05, 4.69) is 0 Å². The minimum atomic E-state index is -2.78. The summed E-state index contributed by atoms with van der Waals surface area (Å²) in [4.78, 5) is 10.8. The van der Waals surface area contributed by atoms with Crippen LogP contribution in [-0.4, -0.2) is 33.1 Å². The minimum absolute atomic E-state index is 0.0932. The van der Waals surface area contributed by atoms with Crippen molar-refractivity contribution in [3.8, 4) is 0 Å². The second-order valence-electron chi connectivity index (χ2n) is 3.42. The fourth-order valence-corrected chi connectivity index (χ4v) is 2.39. The number of carboxylic acids is 1. The maximum absolute atomic E-state index is 13.3. The van der Waals surface area contributed by atoms with Crippen LogP contribution in [-0.2, 0) is 11.3 Å². The summed E-state index contributed by atoms with van der Waals surface area (Å²) in [6, 6.07) is 1.82. The normalized spacial score (nSPS) is 12.2. The first-order valence-corrected chi connectivity index (χ1v) is 6.45. The van der Waals surface area contributed by atoms with Gasteiger partial charge in [0, 0.05) is 17.8 Å². The molecule has 0 saturated carbocycles. The number of hydrogen-bond acceptors (Lipinski definition) is 3. The molecular formula is C10H9ClF2NO4S-. The van der Waals surface area contributed by atoms with Crippen molar-refractivity contribution in [3.63, 3.8) is 0 Å². The fourth-order valence-electron chi connectivity index (χ4n) is 1.41. The second-order valence-corrected chi connectivity index (χ2v) is 4.68. The number of nitrogens with zero attached hydrogens (tertiary/aromatic N) is 1. The molecule has 0 saturated heterocycles. The van der Waals surface area contributed by atoms with Gasteiger partial charge >= 0.3 is 5.97 Å². The molecule has 0 bridgehead atoms. The van der Waals surface area contributed by atoms with Gasteiger partial charge in [-0.1, -0.05) is 11.6 Å². The van der Waals surface area contributed by atoms with E-state index in [9.17, 15) is 22.3 Å². The lowest BCUT2D eigenvalue weighted by atomic mass is 10.2. The third-order valence-corrected chi connectivity index (χ3v) is 3.35. The van der Waals surface area contributed by atoms with Gasteiger partial charge in [0.1, 0.15) is 11.4 Å². The zero-order valence-corrected chi connectivity index (χ0v) is 11.0. The molecular weight excluding hydrogens is 304 g/mol. The first-order chi connectivity index (χ1) is 8.90. The lowest BCUT2D eigenvalue weighted by molar-refractivity contribution is 0.0692.